The van der Waals surface area contributed by atoms with Crippen molar-refractivity contribution >= 4 is 40.0 Å². The molecule has 15 heteroatoms. The molecule has 0 bridgehead atoms. The van der Waals surface area contributed by atoms with Gasteiger partial charge in [0.25, 0.3) is 0 Å². The van der Waals surface area contributed by atoms with Crippen molar-refractivity contribution in [2.45, 2.75) is 169 Å². The first-order chi connectivity index (χ1) is 40.6. The van der Waals surface area contributed by atoms with Crippen molar-refractivity contribution in [2.75, 3.05) is 48.6 Å². The molecular formula is C70H96N14O. The summed E-state index contributed by atoms with van der Waals surface area (Å²) in [6, 6.07) is 25.3. The molecule has 2 saturated heterocycles. The number of nitrogens with two attached hydrogens (primary N) is 2. The fourth-order valence-electron chi connectivity index (χ4n) is 12.6. The molecule has 6 heterocycles. The number of nitrogen functional groups attached to an aromatic ring is 1. The quantitative estimate of drug-likeness (QED) is 0.0259. The van der Waals surface area contributed by atoms with Gasteiger partial charge in [0.2, 0.25) is 0 Å². The fraction of sp³-hybridized carbons (Fsp3) is 0.443. The number of aryl methyl sites for hydroxylation is 5. The Morgan fingerprint density at radius 3 is 2.31 bits per heavy atom. The molecule has 3 aromatic heterocycles. The number of allylic oxidation sites excluding steroid dienone is 1. The van der Waals surface area contributed by atoms with Gasteiger partial charge in [-0.25, -0.2) is 9.97 Å². The Morgan fingerprint density at radius 1 is 0.918 bits per heavy atom. The average molecular weight is 1150 g/mol. The third kappa shape index (κ3) is 14.4. The summed E-state index contributed by atoms with van der Waals surface area (Å²) in [5, 5.41) is 39.6. The topological polar surface area (TPSA) is 200 Å². The number of hydrogen-bond acceptors (Lipinski definition) is 13. The molecule has 7 aromatic rings. The summed E-state index contributed by atoms with van der Waals surface area (Å²) in [7, 11) is 3.19. The third-order valence-electron chi connectivity index (χ3n) is 17.5. The van der Waals surface area contributed by atoms with Crippen LogP contribution in [-0.2, 0) is 25.9 Å². The van der Waals surface area contributed by atoms with Crippen LogP contribution in [0.15, 0.2) is 111 Å². The van der Waals surface area contributed by atoms with Gasteiger partial charge >= 0.3 is 0 Å². The minimum atomic E-state index is 0. The smallest absolute Gasteiger partial charge is 0.137 e. The zero-order valence-corrected chi connectivity index (χ0v) is 51.2. The molecule has 2 aliphatic carbocycles. The van der Waals surface area contributed by atoms with E-state index < -0.39 is 0 Å². The van der Waals surface area contributed by atoms with Gasteiger partial charge in [-0.1, -0.05) is 83.0 Å². The summed E-state index contributed by atoms with van der Waals surface area (Å²) < 4.78 is 2.02. The van der Waals surface area contributed by atoms with Crippen LogP contribution in [0, 0.1) is 25.2 Å². The highest BCUT2D eigenvalue weighted by atomic mass is 16.2. The lowest BCUT2D eigenvalue weighted by Gasteiger charge is -2.28. The van der Waals surface area contributed by atoms with E-state index in [1.54, 1.807) is 0 Å². The van der Waals surface area contributed by atoms with Crippen molar-refractivity contribution in [1.82, 2.24) is 39.9 Å². The van der Waals surface area contributed by atoms with Gasteiger partial charge in [0.05, 0.1) is 29.1 Å². The molecule has 85 heavy (non-hydrogen) atoms. The number of hydrogen-bond donors (Lipinski definition) is 7. The predicted octanol–water partition coefficient (Wildman–Crippen LogP) is 13.6. The van der Waals surface area contributed by atoms with Gasteiger partial charge in [0, 0.05) is 96.4 Å². The van der Waals surface area contributed by atoms with E-state index in [1.807, 2.05) is 34.7 Å². The standard InChI is InChI=1S/C56H63N13.C6H13N.C6H12.CH4O.CH4/c1-6-67-51(23-24-61-67)39-14-10-37(11-15-39)30-60-33(3)50-8-7-25-68(50)69-31-47-42-20-12-36(26-49(42)62-34(4)54(47)66-69)13-21-43-53(52-32(2)9-22-48(59)46(52)29-57)44(38-16-17-38)28-45-55(43)63-35(5)64-56(45)65-41-19-18-40(58)27-41;1-6-4-3-5-7(6)2;1-4-5-6(2)3;1-2;/h9-12,14-15,20,22-24,26,28-29,31,38,40-41,50,57,60,62H,3-4,6-8,13,16-19,21,25,27,30,58-59H2,1-2,5H3,(H,63,64,65);6H,3-5H2,1-2H3;4,6H,1,5H2,2-3H3;2H,1H3;1H4/t;6-;;;/m.1.../s1. The number of nitrogens with zero attached hydrogens (tertiary/aromatic N) is 8. The number of rotatable bonds is 17. The second-order valence-electron chi connectivity index (χ2n) is 24.0. The SMILES string of the molecule is C.C=C1Nc2cc(CCc3c(-c4c(C)ccc(N)c4C=N)c(C4CC4)cc4c(NC5CCC(N)C5)nc(C)nc34)ccc2-c2cn(N3CCCC3C(=C)NCc3ccc(-c4ccnn4CC)cc3)nc21.C=CCC(C)C.CO.C[C@@H]1CCCN1C. The molecule has 4 aromatic carbocycles. The Hall–Kier alpha value is -7.59. The van der Waals surface area contributed by atoms with Crippen molar-refractivity contribution in [3.63, 3.8) is 0 Å². The highest BCUT2D eigenvalue weighted by molar-refractivity contribution is 6.03. The first kappa shape index (κ1) is 63.4. The molecule has 0 amide bonds. The number of nitrogens with one attached hydrogen (secondary N) is 4. The molecule has 2 saturated carbocycles. The summed E-state index contributed by atoms with van der Waals surface area (Å²) >= 11 is 0. The van der Waals surface area contributed by atoms with Crippen LogP contribution in [0.2, 0.25) is 0 Å². The Bertz CT molecular complexity index is 3450. The van der Waals surface area contributed by atoms with Gasteiger partial charge in [-0.2, -0.15) is 15.0 Å². The molecule has 15 nitrogen and oxygen atoms in total. The second-order valence-corrected chi connectivity index (χ2v) is 24.0. The molecular weight excluding hydrogens is 1050 g/mol. The summed E-state index contributed by atoms with van der Waals surface area (Å²) in [6.45, 7) is 29.2. The van der Waals surface area contributed by atoms with E-state index in [1.165, 1.54) is 53.4 Å². The van der Waals surface area contributed by atoms with Gasteiger partial charge in [-0.15, -0.1) is 6.58 Å². The van der Waals surface area contributed by atoms with Crippen LogP contribution in [0.4, 0.5) is 17.2 Å². The van der Waals surface area contributed by atoms with Crippen LogP contribution in [0.1, 0.15) is 150 Å². The average Bonchev–Trinajstić information content (AvgIpc) is 1.86. The van der Waals surface area contributed by atoms with Gasteiger partial charge in [-0.05, 0) is 199 Å². The van der Waals surface area contributed by atoms with Gasteiger partial charge in [0.1, 0.15) is 17.3 Å². The summed E-state index contributed by atoms with van der Waals surface area (Å²) in [6.07, 6.45) is 20.1. The molecule has 12 rings (SSSR count). The highest BCUT2D eigenvalue weighted by Crippen LogP contribution is 2.50. The van der Waals surface area contributed by atoms with Crippen LogP contribution in [-0.4, -0.2) is 97.3 Å². The van der Waals surface area contributed by atoms with Crippen molar-refractivity contribution in [3.8, 4) is 33.5 Å². The van der Waals surface area contributed by atoms with Crippen LogP contribution in [0.25, 0.3) is 50.1 Å². The second kappa shape index (κ2) is 28.5. The summed E-state index contributed by atoms with van der Waals surface area (Å²) in [5.74, 6) is 2.81. The van der Waals surface area contributed by atoms with Crippen molar-refractivity contribution in [3.05, 3.63) is 156 Å². The first-order valence-electron chi connectivity index (χ1n) is 30.6. The Balaban J connectivity index is 0.000000522. The van der Waals surface area contributed by atoms with Crippen LogP contribution in [0.3, 0.4) is 0 Å². The molecule has 0 radical (unpaired) electrons. The number of aliphatic hydroxyl groups excluding tert-OH is 1. The number of aromatic nitrogens is 6. The molecule has 4 fully saturated rings. The molecule has 452 valence electrons. The zero-order chi connectivity index (χ0) is 59.8. The van der Waals surface area contributed by atoms with Crippen molar-refractivity contribution < 1.29 is 5.11 Å². The number of likely N-dealkylation sites (tertiary alicyclic amines) is 1. The lowest BCUT2D eigenvalue weighted by molar-refractivity contribution is 0.331. The van der Waals surface area contributed by atoms with Gasteiger partial charge in [0.15, 0.2) is 0 Å². The number of anilines is 3. The predicted molar refractivity (Wildman–Crippen MR) is 357 cm³/mol. The third-order valence-corrected chi connectivity index (χ3v) is 17.5. The van der Waals surface area contributed by atoms with E-state index in [0.29, 0.717) is 18.2 Å². The minimum absolute atomic E-state index is 0. The largest absolute Gasteiger partial charge is 0.400 e. The van der Waals surface area contributed by atoms with Gasteiger partial charge < -0.3 is 42.8 Å². The van der Waals surface area contributed by atoms with E-state index >= 15 is 0 Å². The lowest BCUT2D eigenvalue weighted by Crippen LogP contribution is -2.43. The monoisotopic (exact) mass is 1150 g/mol. The zero-order valence-electron chi connectivity index (χ0n) is 51.2. The van der Waals surface area contributed by atoms with E-state index in [4.69, 9.17) is 37.0 Å². The molecule has 5 aliphatic rings. The van der Waals surface area contributed by atoms with E-state index in [-0.39, 0.29) is 25.6 Å². The lowest BCUT2D eigenvalue weighted by atomic mass is 9.83. The molecule has 3 unspecified atom stereocenters. The normalized spacial score (nSPS) is 18.6. The van der Waals surface area contributed by atoms with E-state index in [9.17, 15) is 0 Å². The maximum Gasteiger partial charge on any atom is 0.137 e. The molecule has 3 aliphatic heterocycles. The Kier molecular flexibility index (Phi) is 21.3. The van der Waals surface area contributed by atoms with Crippen LogP contribution < -0.4 is 32.4 Å². The van der Waals surface area contributed by atoms with Crippen LogP contribution >= 0.6 is 0 Å². The summed E-state index contributed by atoms with van der Waals surface area (Å²) in [5.41, 5.74) is 31.6. The Morgan fingerprint density at radius 2 is 1.67 bits per heavy atom. The Labute approximate surface area is 506 Å². The summed E-state index contributed by atoms with van der Waals surface area (Å²) in [4.78, 5) is 14.7. The maximum atomic E-state index is 8.58. The van der Waals surface area contributed by atoms with Crippen molar-refractivity contribution in [2.24, 2.45) is 11.7 Å². The molecule has 4 atom stereocenters. The molecule has 0 spiro atoms. The first-order valence-corrected chi connectivity index (χ1v) is 30.6. The van der Waals surface area contributed by atoms with Crippen molar-refractivity contribution in [1.29, 1.82) is 5.41 Å². The number of benzene rings is 4. The minimum Gasteiger partial charge on any atom is -0.400 e. The number of aliphatic hydroxyl groups is 1. The van der Waals surface area contributed by atoms with E-state index in [0.717, 1.165) is 181 Å². The number of fused-ring (bicyclic) bond motifs is 4. The van der Waals surface area contributed by atoms with Gasteiger partial charge in [-0.3, -0.25) is 9.69 Å². The highest BCUT2D eigenvalue weighted by Gasteiger charge is 2.34. The van der Waals surface area contributed by atoms with E-state index in [2.05, 4.69) is 159 Å². The maximum absolute atomic E-state index is 8.58. The molecule has 9 N–H and O–H groups in total. The van der Waals surface area contributed by atoms with Crippen LogP contribution in [0.5, 0.6) is 0 Å². The fourth-order valence-corrected chi connectivity index (χ4v) is 12.6.